The zero-order valence-electron chi connectivity index (χ0n) is 13.5. The second kappa shape index (κ2) is 5.94. The number of para-hydroxylation sites is 1. The molecule has 0 fully saturated rings. The molecule has 1 atom stereocenters. The quantitative estimate of drug-likeness (QED) is 0.614. The van der Waals surface area contributed by atoms with Crippen LogP contribution >= 0.6 is 0 Å². The molecule has 25 heavy (non-hydrogen) atoms. The maximum Gasteiger partial charge on any atom is 0.302 e. The Labute approximate surface area is 142 Å². The van der Waals surface area contributed by atoms with Crippen LogP contribution in [0.15, 0.2) is 74.3 Å². The van der Waals surface area contributed by atoms with Gasteiger partial charge in [-0.1, -0.05) is 42.5 Å². The van der Waals surface area contributed by atoms with Crippen LogP contribution in [0.4, 0.5) is 0 Å². The number of carbonyl (C=O) groups excluding carboxylic acids is 1. The van der Waals surface area contributed by atoms with Crippen molar-refractivity contribution in [2.45, 2.75) is 13.0 Å². The van der Waals surface area contributed by atoms with Crippen molar-refractivity contribution in [1.29, 1.82) is 0 Å². The summed E-state index contributed by atoms with van der Waals surface area (Å²) in [6.07, 6.45) is 0. The number of hydrogen-bond donors (Lipinski definition) is 1. The third-order valence-corrected chi connectivity index (χ3v) is 4.15. The standard InChI is InChI=1S/C20H15NO4/c1-12(13-7-3-2-4-8-13)21-19(23)17-11-15-18(22)14-9-5-6-10-16(14)24-20(15)25-17/h2-12H,1H3,(H,21,23). The molecule has 0 radical (unpaired) electrons. The molecule has 1 amide bonds. The molecule has 0 spiro atoms. The normalized spacial score (nSPS) is 12.4. The molecule has 0 aliphatic carbocycles. The molecular formula is C20H15NO4. The maximum atomic E-state index is 12.5. The Hall–Kier alpha value is -3.34. The van der Waals surface area contributed by atoms with Gasteiger partial charge in [0.15, 0.2) is 5.76 Å². The van der Waals surface area contributed by atoms with Crippen LogP contribution in [0.25, 0.3) is 22.1 Å². The minimum atomic E-state index is -0.397. The summed E-state index contributed by atoms with van der Waals surface area (Å²) in [6, 6.07) is 17.8. The summed E-state index contributed by atoms with van der Waals surface area (Å²) in [5.74, 6) is -0.290. The molecule has 0 saturated carbocycles. The average Bonchev–Trinajstić information content (AvgIpc) is 3.07. The van der Waals surface area contributed by atoms with E-state index in [4.69, 9.17) is 8.83 Å². The first-order valence-corrected chi connectivity index (χ1v) is 7.94. The molecule has 124 valence electrons. The Bertz CT molecular complexity index is 1120. The number of rotatable bonds is 3. The zero-order chi connectivity index (χ0) is 17.4. The summed E-state index contributed by atoms with van der Waals surface area (Å²) in [6.45, 7) is 1.88. The van der Waals surface area contributed by atoms with Crippen LogP contribution in [0.3, 0.4) is 0 Å². The molecule has 5 nitrogen and oxygen atoms in total. The maximum absolute atomic E-state index is 12.5. The van der Waals surface area contributed by atoms with Crippen molar-refractivity contribution < 1.29 is 13.6 Å². The number of benzene rings is 2. The van der Waals surface area contributed by atoms with Gasteiger partial charge in [-0.25, -0.2) is 0 Å². The van der Waals surface area contributed by atoms with Crippen LogP contribution < -0.4 is 10.7 Å². The van der Waals surface area contributed by atoms with Crippen LogP contribution in [-0.2, 0) is 0 Å². The van der Waals surface area contributed by atoms with Gasteiger partial charge in [-0.15, -0.1) is 0 Å². The van der Waals surface area contributed by atoms with Gasteiger partial charge in [-0.3, -0.25) is 9.59 Å². The van der Waals surface area contributed by atoms with Crippen LogP contribution in [-0.4, -0.2) is 5.91 Å². The largest absolute Gasteiger partial charge is 0.425 e. The number of furan rings is 1. The molecule has 2 heterocycles. The van der Waals surface area contributed by atoms with E-state index in [2.05, 4.69) is 5.32 Å². The van der Waals surface area contributed by atoms with Crippen molar-refractivity contribution in [2.24, 2.45) is 0 Å². The molecule has 1 unspecified atom stereocenters. The Kier molecular flexibility index (Phi) is 3.61. The molecule has 1 N–H and O–H groups in total. The first kappa shape index (κ1) is 15.2. The topological polar surface area (TPSA) is 72.5 Å². The smallest absolute Gasteiger partial charge is 0.302 e. The van der Waals surface area contributed by atoms with E-state index in [1.54, 1.807) is 24.3 Å². The minimum absolute atomic E-state index is 0.0499. The molecule has 0 bridgehead atoms. The minimum Gasteiger partial charge on any atom is -0.425 e. The van der Waals surface area contributed by atoms with Crippen molar-refractivity contribution >= 4 is 28.0 Å². The monoisotopic (exact) mass is 333 g/mol. The van der Waals surface area contributed by atoms with Gasteiger partial charge in [0.05, 0.1) is 11.4 Å². The molecule has 2 aromatic carbocycles. The van der Waals surface area contributed by atoms with E-state index in [0.29, 0.717) is 11.0 Å². The highest BCUT2D eigenvalue weighted by Crippen LogP contribution is 2.22. The Morgan fingerprint density at radius 2 is 1.68 bits per heavy atom. The fraction of sp³-hybridized carbons (Fsp3) is 0.100. The molecule has 0 saturated heterocycles. The summed E-state index contributed by atoms with van der Waals surface area (Å²) < 4.78 is 11.1. The van der Waals surface area contributed by atoms with E-state index >= 15 is 0 Å². The number of hydrogen-bond acceptors (Lipinski definition) is 4. The molecule has 0 aliphatic rings. The van der Waals surface area contributed by atoms with E-state index in [0.717, 1.165) is 5.56 Å². The second-order valence-electron chi connectivity index (χ2n) is 5.84. The van der Waals surface area contributed by atoms with Gasteiger partial charge >= 0.3 is 5.78 Å². The predicted octanol–water partition coefficient (Wildman–Crippen LogP) is 4.03. The van der Waals surface area contributed by atoms with Crippen LogP contribution in [0.2, 0.25) is 0 Å². The van der Waals surface area contributed by atoms with Gasteiger partial charge in [0.2, 0.25) is 5.43 Å². The highest BCUT2D eigenvalue weighted by Gasteiger charge is 2.19. The summed E-state index contributed by atoms with van der Waals surface area (Å²) in [5, 5.41) is 3.58. The first-order chi connectivity index (χ1) is 12.1. The van der Waals surface area contributed by atoms with Gasteiger partial charge in [0, 0.05) is 6.07 Å². The number of fused-ring (bicyclic) bond motifs is 2. The van der Waals surface area contributed by atoms with Crippen LogP contribution in [0.1, 0.15) is 29.1 Å². The van der Waals surface area contributed by atoms with E-state index in [1.807, 2.05) is 37.3 Å². The first-order valence-electron chi connectivity index (χ1n) is 7.94. The second-order valence-corrected chi connectivity index (χ2v) is 5.84. The number of amides is 1. The van der Waals surface area contributed by atoms with Crippen molar-refractivity contribution in [2.75, 3.05) is 0 Å². The fourth-order valence-electron chi connectivity index (χ4n) is 2.80. The Morgan fingerprint density at radius 1 is 0.960 bits per heavy atom. The van der Waals surface area contributed by atoms with Crippen molar-refractivity contribution in [3.63, 3.8) is 0 Å². The highest BCUT2D eigenvalue weighted by atomic mass is 16.5. The number of nitrogens with one attached hydrogen (secondary N) is 1. The Morgan fingerprint density at radius 3 is 2.48 bits per heavy atom. The van der Waals surface area contributed by atoms with Crippen molar-refractivity contribution in [1.82, 2.24) is 5.32 Å². The van der Waals surface area contributed by atoms with Gasteiger partial charge in [-0.05, 0) is 24.6 Å². The molecule has 4 rings (SSSR count). The molecule has 0 aliphatic heterocycles. The zero-order valence-corrected chi connectivity index (χ0v) is 13.5. The lowest BCUT2D eigenvalue weighted by atomic mass is 10.1. The van der Waals surface area contributed by atoms with Gasteiger partial charge < -0.3 is 14.2 Å². The van der Waals surface area contributed by atoms with Gasteiger partial charge in [0.25, 0.3) is 5.91 Å². The Balaban J connectivity index is 1.69. The lowest BCUT2D eigenvalue weighted by Gasteiger charge is -2.12. The molecular weight excluding hydrogens is 318 g/mol. The summed E-state index contributed by atoms with van der Waals surface area (Å²) in [5.41, 5.74) is 1.20. The third-order valence-electron chi connectivity index (χ3n) is 4.15. The van der Waals surface area contributed by atoms with Gasteiger partial charge in [0.1, 0.15) is 11.0 Å². The van der Waals surface area contributed by atoms with Crippen molar-refractivity contribution in [3.05, 3.63) is 82.2 Å². The van der Waals surface area contributed by atoms with E-state index in [1.165, 1.54) is 6.07 Å². The molecule has 5 heteroatoms. The average molecular weight is 333 g/mol. The van der Waals surface area contributed by atoms with E-state index in [-0.39, 0.29) is 28.4 Å². The fourth-order valence-corrected chi connectivity index (χ4v) is 2.80. The SMILES string of the molecule is CC(NC(=O)c1cc2c(=O)c3ccccc3oc2o1)c1ccccc1. The predicted molar refractivity (Wildman–Crippen MR) is 94.6 cm³/mol. The molecule has 4 aromatic rings. The summed E-state index contributed by atoms with van der Waals surface area (Å²) >= 11 is 0. The van der Waals surface area contributed by atoms with E-state index in [9.17, 15) is 9.59 Å². The lowest BCUT2D eigenvalue weighted by molar-refractivity contribution is 0.0912. The van der Waals surface area contributed by atoms with E-state index < -0.39 is 5.91 Å². The van der Waals surface area contributed by atoms with Crippen molar-refractivity contribution in [3.8, 4) is 0 Å². The highest BCUT2D eigenvalue weighted by molar-refractivity contribution is 5.97. The van der Waals surface area contributed by atoms with Crippen LogP contribution in [0, 0.1) is 0 Å². The number of carbonyl (C=O) groups is 1. The molecule has 2 aromatic heterocycles. The summed E-state index contributed by atoms with van der Waals surface area (Å²) in [4.78, 5) is 25.0. The van der Waals surface area contributed by atoms with Crippen LogP contribution in [0.5, 0.6) is 0 Å². The van der Waals surface area contributed by atoms with Gasteiger partial charge in [-0.2, -0.15) is 0 Å². The third kappa shape index (κ3) is 2.70. The summed E-state index contributed by atoms with van der Waals surface area (Å²) in [7, 11) is 0. The lowest BCUT2D eigenvalue weighted by Crippen LogP contribution is -2.26.